The smallest absolute Gasteiger partial charge is 0.0516 e. The van der Waals surface area contributed by atoms with Crippen molar-refractivity contribution < 1.29 is 8.95 Å². The second-order valence-corrected chi connectivity index (χ2v) is 6.85. The third kappa shape index (κ3) is 8.78. The molecular formula is C14H28O2S. The molecule has 0 aromatic carbocycles. The predicted molar refractivity (Wildman–Crippen MR) is 74.8 cm³/mol. The van der Waals surface area contributed by atoms with Crippen LogP contribution < -0.4 is 0 Å². The minimum atomic E-state index is -0.587. The Labute approximate surface area is 109 Å². The molecule has 1 aliphatic rings. The quantitative estimate of drug-likeness (QED) is 0.531. The van der Waals surface area contributed by atoms with Crippen LogP contribution in [0.2, 0.25) is 0 Å². The molecule has 0 radical (unpaired) electrons. The van der Waals surface area contributed by atoms with Gasteiger partial charge in [-0.3, -0.25) is 4.21 Å². The Hall–Kier alpha value is 0.110. The van der Waals surface area contributed by atoms with E-state index < -0.39 is 10.8 Å². The maximum atomic E-state index is 10.8. The lowest BCUT2D eigenvalue weighted by Crippen LogP contribution is -2.27. The third-order valence-corrected chi connectivity index (χ3v) is 4.36. The minimum absolute atomic E-state index is 0.587. The van der Waals surface area contributed by atoms with Gasteiger partial charge in [0.2, 0.25) is 0 Å². The van der Waals surface area contributed by atoms with Crippen molar-refractivity contribution in [2.75, 3.05) is 25.2 Å². The van der Waals surface area contributed by atoms with Crippen molar-refractivity contribution in [2.24, 2.45) is 5.92 Å². The van der Waals surface area contributed by atoms with Gasteiger partial charge in [-0.25, -0.2) is 0 Å². The summed E-state index contributed by atoms with van der Waals surface area (Å²) >= 11 is 0. The molecule has 1 unspecified atom stereocenters. The van der Waals surface area contributed by atoms with Gasteiger partial charge in [0.15, 0.2) is 0 Å². The Morgan fingerprint density at radius 2 is 1.47 bits per heavy atom. The van der Waals surface area contributed by atoms with Gasteiger partial charge in [0.05, 0.1) is 13.2 Å². The Morgan fingerprint density at radius 3 is 1.94 bits per heavy atom. The Bertz CT molecular complexity index is 202. The maximum Gasteiger partial charge on any atom is 0.0516 e. The van der Waals surface area contributed by atoms with Crippen LogP contribution in [0.15, 0.2) is 0 Å². The molecule has 17 heavy (non-hydrogen) atoms. The minimum Gasteiger partial charge on any atom is -0.381 e. The predicted octanol–water partition coefficient (Wildman–Crippen LogP) is 3.52. The molecule has 1 rings (SSSR count). The van der Waals surface area contributed by atoms with Crippen LogP contribution in [0.3, 0.4) is 0 Å². The molecule has 1 aliphatic heterocycles. The molecule has 0 bridgehead atoms. The first-order valence-electron chi connectivity index (χ1n) is 7.17. The van der Waals surface area contributed by atoms with Gasteiger partial charge in [-0.15, -0.1) is 0 Å². The molecule has 1 saturated heterocycles. The standard InChI is InChI=1S/C14H28O2S/c1-17(15)11-9-7-5-3-2-4-6-8-10-14-12-16-13-14/h14H,2-13H2,1H3. The Balaban J connectivity index is 1.68. The van der Waals surface area contributed by atoms with Crippen molar-refractivity contribution in [1.82, 2.24) is 0 Å². The highest BCUT2D eigenvalue weighted by Crippen LogP contribution is 2.18. The maximum absolute atomic E-state index is 10.8. The summed E-state index contributed by atoms with van der Waals surface area (Å²) in [5.74, 6) is 1.77. The van der Waals surface area contributed by atoms with E-state index in [9.17, 15) is 4.21 Å². The van der Waals surface area contributed by atoms with Crippen molar-refractivity contribution in [3.63, 3.8) is 0 Å². The first-order chi connectivity index (χ1) is 8.29. The van der Waals surface area contributed by atoms with Crippen molar-refractivity contribution in [2.45, 2.75) is 57.8 Å². The van der Waals surface area contributed by atoms with Gasteiger partial charge < -0.3 is 4.74 Å². The summed E-state index contributed by atoms with van der Waals surface area (Å²) in [7, 11) is -0.587. The van der Waals surface area contributed by atoms with Crippen LogP contribution in [-0.4, -0.2) is 29.4 Å². The van der Waals surface area contributed by atoms with Crippen LogP contribution >= 0.6 is 0 Å². The van der Waals surface area contributed by atoms with Gasteiger partial charge in [0.25, 0.3) is 0 Å². The largest absolute Gasteiger partial charge is 0.381 e. The number of hydrogen-bond acceptors (Lipinski definition) is 2. The van der Waals surface area contributed by atoms with Crippen LogP contribution in [0.4, 0.5) is 0 Å². The summed E-state index contributed by atoms with van der Waals surface area (Å²) in [5, 5.41) is 0. The summed E-state index contributed by atoms with van der Waals surface area (Å²) in [6.45, 7) is 2.03. The van der Waals surface area contributed by atoms with Crippen molar-refractivity contribution in [3.8, 4) is 0 Å². The topological polar surface area (TPSA) is 26.3 Å². The van der Waals surface area contributed by atoms with E-state index >= 15 is 0 Å². The van der Waals surface area contributed by atoms with Gasteiger partial charge in [-0.05, 0) is 12.8 Å². The molecule has 3 heteroatoms. The monoisotopic (exact) mass is 260 g/mol. The van der Waals surface area contributed by atoms with E-state index in [0.29, 0.717) is 0 Å². The molecule has 1 atom stereocenters. The van der Waals surface area contributed by atoms with Gasteiger partial charge in [0, 0.05) is 28.7 Å². The zero-order chi connectivity index (χ0) is 12.3. The van der Waals surface area contributed by atoms with E-state index in [0.717, 1.165) is 31.3 Å². The highest BCUT2D eigenvalue weighted by atomic mass is 32.2. The van der Waals surface area contributed by atoms with Crippen LogP contribution in [0, 0.1) is 5.92 Å². The molecule has 0 aliphatic carbocycles. The molecular weight excluding hydrogens is 232 g/mol. The molecule has 0 aromatic heterocycles. The lowest BCUT2D eigenvalue weighted by Gasteiger charge is -2.25. The summed E-state index contributed by atoms with van der Waals surface area (Å²) in [6, 6.07) is 0. The molecule has 0 saturated carbocycles. The van der Waals surface area contributed by atoms with Crippen LogP contribution in [-0.2, 0) is 15.5 Å². The molecule has 1 fully saturated rings. The summed E-state index contributed by atoms with van der Waals surface area (Å²) in [5.41, 5.74) is 0. The highest BCUT2D eigenvalue weighted by molar-refractivity contribution is 7.84. The Morgan fingerprint density at radius 1 is 0.941 bits per heavy atom. The SMILES string of the molecule is CS(=O)CCCCCCCCCCC1COC1. The molecule has 1 heterocycles. The molecule has 0 amide bonds. The van der Waals surface area contributed by atoms with Crippen molar-refractivity contribution in [3.05, 3.63) is 0 Å². The van der Waals surface area contributed by atoms with Gasteiger partial charge in [0.1, 0.15) is 0 Å². The summed E-state index contributed by atoms with van der Waals surface area (Å²) < 4.78 is 16.0. The number of unbranched alkanes of at least 4 members (excludes halogenated alkanes) is 7. The van der Waals surface area contributed by atoms with E-state index in [1.807, 2.05) is 0 Å². The molecule has 0 N–H and O–H groups in total. The lowest BCUT2D eigenvalue weighted by atomic mass is 9.99. The van der Waals surface area contributed by atoms with Crippen molar-refractivity contribution >= 4 is 10.8 Å². The van der Waals surface area contributed by atoms with E-state index in [1.54, 1.807) is 6.26 Å². The number of rotatable bonds is 11. The first kappa shape index (κ1) is 15.2. The zero-order valence-electron chi connectivity index (χ0n) is 11.3. The van der Waals surface area contributed by atoms with E-state index in [1.165, 1.54) is 51.4 Å². The molecule has 102 valence electrons. The van der Waals surface area contributed by atoms with Crippen molar-refractivity contribution in [1.29, 1.82) is 0 Å². The number of ether oxygens (including phenoxy) is 1. The van der Waals surface area contributed by atoms with Gasteiger partial charge in [-0.2, -0.15) is 0 Å². The molecule has 0 aromatic rings. The summed E-state index contributed by atoms with van der Waals surface area (Å²) in [4.78, 5) is 0. The fourth-order valence-electron chi connectivity index (χ4n) is 2.25. The van der Waals surface area contributed by atoms with Gasteiger partial charge >= 0.3 is 0 Å². The van der Waals surface area contributed by atoms with Gasteiger partial charge in [-0.1, -0.05) is 44.9 Å². The second-order valence-electron chi connectivity index (χ2n) is 5.30. The normalized spacial score (nSPS) is 17.9. The van der Waals surface area contributed by atoms with Crippen LogP contribution in [0.5, 0.6) is 0 Å². The van der Waals surface area contributed by atoms with Crippen LogP contribution in [0.25, 0.3) is 0 Å². The highest BCUT2D eigenvalue weighted by Gasteiger charge is 2.16. The van der Waals surface area contributed by atoms with E-state index in [4.69, 9.17) is 4.74 Å². The average Bonchev–Trinajstić information content (AvgIpc) is 2.23. The fourth-order valence-corrected chi connectivity index (χ4v) is 2.86. The number of hydrogen-bond donors (Lipinski definition) is 0. The third-order valence-electron chi connectivity index (χ3n) is 3.50. The lowest BCUT2D eigenvalue weighted by molar-refractivity contribution is -0.0364. The Kier molecular flexibility index (Phi) is 8.99. The zero-order valence-corrected chi connectivity index (χ0v) is 12.1. The molecule has 2 nitrogen and oxygen atoms in total. The second kappa shape index (κ2) is 10.1. The van der Waals surface area contributed by atoms with E-state index in [-0.39, 0.29) is 0 Å². The van der Waals surface area contributed by atoms with Crippen LogP contribution in [0.1, 0.15) is 57.8 Å². The first-order valence-corrected chi connectivity index (χ1v) is 8.89. The molecule has 0 spiro atoms. The van der Waals surface area contributed by atoms with E-state index in [2.05, 4.69) is 0 Å². The summed E-state index contributed by atoms with van der Waals surface area (Å²) in [6.07, 6.45) is 13.8. The fraction of sp³-hybridized carbons (Fsp3) is 1.00. The average molecular weight is 260 g/mol.